The van der Waals surface area contributed by atoms with Crippen LogP contribution in [0.4, 0.5) is 5.69 Å². The Balaban J connectivity index is 2.71. The Morgan fingerprint density at radius 1 is 1.33 bits per heavy atom. The first-order chi connectivity index (χ1) is 7.17. The molecular weight excluding hydrogens is 192 g/mol. The summed E-state index contributed by atoms with van der Waals surface area (Å²) < 4.78 is 0. The lowest BCUT2D eigenvalue weighted by Gasteiger charge is -2.12. The van der Waals surface area contributed by atoms with Gasteiger partial charge < -0.3 is 9.69 Å². The number of carbonyl (C=O) groups excluding carboxylic acids is 1. The highest BCUT2D eigenvalue weighted by molar-refractivity contribution is 5.58. The van der Waals surface area contributed by atoms with Gasteiger partial charge in [0.15, 0.2) is 6.04 Å². The van der Waals surface area contributed by atoms with E-state index in [9.17, 15) is 9.70 Å². The van der Waals surface area contributed by atoms with Crippen LogP contribution in [0.2, 0.25) is 0 Å². The molecule has 0 amide bonds. The van der Waals surface area contributed by atoms with E-state index in [0.29, 0.717) is 12.7 Å². The van der Waals surface area contributed by atoms with Crippen molar-refractivity contribution in [1.29, 1.82) is 0 Å². The van der Waals surface area contributed by atoms with Crippen molar-refractivity contribution in [3.05, 3.63) is 34.7 Å². The van der Waals surface area contributed by atoms with E-state index < -0.39 is 6.04 Å². The number of benzene rings is 1. The lowest BCUT2D eigenvalue weighted by molar-refractivity contribution is -0.108. The molecule has 0 fully saturated rings. The first-order valence-corrected chi connectivity index (χ1v) is 4.71. The second-order valence-electron chi connectivity index (χ2n) is 3.57. The van der Waals surface area contributed by atoms with E-state index in [1.54, 1.807) is 0 Å². The Morgan fingerprint density at radius 2 is 1.93 bits per heavy atom. The summed E-state index contributed by atoms with van der Waals surface area (Å²) in [4.78, 5) is 22.6. The molecule has 0 aliphatic heterocycles. The van der Waals surface area contributed by atoms with E-state index in [1.807, 2.05) is 43.3 Å². The van der Waals surface area contributed by atoms with Crippen LogP contribution in [0.5, 0.6) is 0 Å². The van der Waals surface area contributed by atoms with Crippen molar-refractivity contribution in [2.24, 2.45) is 5.18 Å². The minimum Gasteiger partial charge on any atom is -0.378 e. The molecule has 0 saturated heterocycles. The number of anilines is 1. The van der Waals surface area contributed by atoms with Gasteiger partial charge in [0.1, 0.15) is 6.29 Å². The molecule has 0 aliphatic rings. The Hall–Kier alpha value is -1.71. The molecular formula is C11H14N2O2. The third-order valence-corrected chi connectivity index (χ3v) is 2.19. The molecule has 0 heterocycles. The molecule has 1 rings (SSSR count). The van der Waals surface area contributed by atoms with Crippen LogP contribution in [0.1, 0.15) is 5.56 Å². The van der Waals surface area contributed by atoms with Crippen LogP contribution in [0.15, 0.2) is 29.4 Å². The van der Waals surface area contributed by atoms with Crippen LogP contribution in [-0.2, 0) is 11.2 Å². The zero-order chi connectivity index (χ0) is 11.3. The highest BCUT2D eigenvalue weighted by Crippen LogP contribution is 2.13. The van der Waals surface area contributed by atoms with Gasteiger partial charge in [-0.15, -0.1) is 0 Å². The fourth-order valence-electron chi connectivity index (χ4n) is 1.28. The van der Waals surface area contributed by atoms with Crippen molar-refractivity contribution in [2.45, 2.75) is 12.5 Å². The Bertz CT molecular complexity index is 325. The summed E-state index contributed by atoms with van der Waals surface area (Å²) >= 11 is 0. The maximum atomic E-state index is 10.4. The van der Waals surface area contributed by atoms with Gasteiger partial charge in [-0.05, 0) is 17.7 Å². The van der Waals surface area contributed by atoms with Gasteiger partial charge >= 0.3 is 0 Å². The maximum Gasteiger partial charge on any atom is 0.151 e. The molecule has 1 atom stereocenters. The largest absolute Gasteiger partial charge is 0.378 e. The summed E-state index contributed by atoms with van der Waals surface area (Å²) in [6.07, 6.45) is 0.952. The average molecular weight is 206 g/mol. The quantitative estimate of drug-likeness (QED) is 0.543. The second-order valence-corrected chi connectivity index (χ2v) is 3.57. The smallest absolute Gasteiger partial charge is 0.151 e. The molecule has 0 N–H and O–H groups in total. The third-order valence-electron chi connectivity index (χ3n) is 2.19. The lowest BCUT2D eigenvalue weighted by Crippen LogP contribution is -2.10. The summed E-state index contributed by atoms with van der Waals surface area (Å²) in [5.41, 5.74) is 2.03. The SMILES string of the molecule is CN(C)c1ccc(CC(C=O)N=O)cc1. The van der Waals surface area contributed by atoms with Crippen LogP contribution in [0.3, 0.4) is 0 Å². The van der Waals surface area contributed by atoms with Gasteiger partial charge in [0.05, 0.1) is 0 Å². The third kappa shape index (κ3) is 3.16. The normalized spacial score (nSPS) is 11.9. The molecule has 1 unspecified atom stereocenters. The molecule has 4 heteroatoms. The number of hydrogen-bond acceptors (Lipinski definition) is 4. The first kappa shape index (κ1) is 11.4. The monoisotopic (exact) mass is 206 g/mol. The highest BCUT2D eigenvalue weighted by Gasteiger charge is 2.07. The van der Waals surface area contributed by atoms with E-state index >= 15 is 0 Å². The zero-order valence-electron chi connectivity index (χ0n) is 8.88. The minimum absolute atomic E-state index is 0.376. The Kier molecular flexibility index (Phi) is 3.97. The summed E-state index contributed by atoms with van der Waals surface area (Å²) in [7, 11) is 3.91. The van der Waals surface area contributed by atoms with Crippen molar-refractivity contribution in [3.63, 3.8) is 0 Å². The summed E-state index contributed by atoms with van der Waals surface area (Å²) in [5, 5.41) is 2.73. The summed E-state index contributed by atoms with van der Waals surface area (Å²) in [6, 6.07) is 6.92. The highest BCUT2D eigenvalue weighted by atomic mass is 16.3. The van der Waals surface area contributed by atoms with E-state index in [-0.39, 0.29) is 0 Å². The van der Waals surface area contributed by atoms with Gasteiger partial charge in [0.2, 0.25) is 0 Å². The Labute approximate surface area is 88.9 Å². The molecule has 4 nitrogen and oxygen atoms in total. The molecule has 0 radical (unpaired) electrons. The average Bonchev–Trinajstić information content (AvgIpc) is 2.26. The minimum atomic E-state index is -0.768. The first-order valence-electron chi connectivity index (χ1n) is 4.71. The number of carbonyl (C=O) groups is 1. The fourth-order valence-corrected chi connectivity index (χ4v) is 1.28. The summed E-state index contributed by atoms with van der Waals surface area (Å²) in [6.45, 7) is 0. The molecule has 80 valence electrons. The van der Waals surface area contributed by atoms with Gasteiger partial charge in [-0.1, -0.05) is 17.3 Å². The Morgan fingerprint density at radius 3 is 2.33 bits per heavy atom. The van der Waals surface area contributed by atoms with Crippen molar-refractivity contribution in [3.8, 4) is 0 Å². The van der Waals surface area contributed by atoms with Crippen molar-refractivity contribution >= 4 is 12.0 Å². The molecule has 0 spiro atoms. The maximum absolute atomic E-state index is 10.4. The molecule has 0 bridgehead atoms. The number of hydrogen-bond donors (Lipinski definition) is 0. The van der Waals surface area contributed by atoms with Crippen LogP contribution >= 0.6 is 0 Å². The van der Waals surface area contributed by atoms with Crippen LogP contribution in [0, 0.1) is 4.91 Å². The molecule has 0 aliphatic carbocycles. The predicted molar refractivity (Wildman–Crippen MR) is 60.1 cm³/mol. The lowest BCUT2D eigenvalue weighted by atomic mass is 10.1. The van der Waals surface area contributed by atoms with Gasteiger partial charge in [0.25, 0.3) is 0 Å². The molecule has 1 aromatic rings. The number of rotatable bonds is 5. The van der Waals surface area contributed by atoms with Crippen LogP contribution in [0.25, 0.3) is 0 Å². The van der Waals surface area contributed by atoms with Crippen molar-refractivity contribution in [1.82, 2.24) is 0 Å². The van der Waals surface area contributed by atoms with E-state index in [0.717, 1.165) is 11.3 Å². The molecule has 1 aromatic carbocycles. The van der Waals surface area contributed by atoms with Gasteiger partial charge in [-0.25, -0.2) is 0 Å². The molecule has 0 saturated carbocycles. The predicted octanol–water partition coefficient (Wildman–Crippen LogP) is 1.63. The topological polar surface area (TPSA) is 49.7 Å². The molecule has 0 aromatic heterocycles. The van der Waals surface area contributed by atoms with E-state index in [4.69, 9.17) is 0 Å². The van der Waals surface area contributed by atoms with Crippen LogP contribution in [-0.4, -0.2) is 26.4 Å². The van der Waals surface area contributed by atoms with E-state index in [2.05, 4.69) is 5.18 Å². The molecule has 15 heavy (non-hydrogen) atoms. The van der Waals surface area contributed by atoms with Crippen molar-refractivity contribution < 1.29 is 4.79 Å². The van der Waals surface area contributed by atoms with E-state index in [1.165, 1.54) is 0 Å². The summed E-state index contributed by atoms with van der Waals surface area (Å²) in [5.74, 6) is 0. The second kappa shape index (κ2) is 5.24. The number of nitroso groups, excluding NO2 is 1. The van der Waals surface area contributed by atoms with Gasteiger partial charge in [0, 0.05) is 26.2 Å². The standard InChI is InChI=1S/C11H14N2O2/c1-13(2)11-5-3-9(4-6-11)7-10(8-14)12-15/h3-6,8,10H,7H2,1-2H3. The van der Waals surface area contributed by atoms with Gasteiger partial charge in [-0.2, -0.15) is 4.91 Å². The van der Waals surface area contributed by atoms with Crippen molar-refractivity contribution in [2.75, 3.05) is 19.0 Å². The zero-order valence-corrected chi connectivity index (χ0v) is 8.88. The number of nitrogens with zero attached hydrogens (tertiary/aromatic N) is 2. The number of aldehydes is 1. The fraction of sp³-hybridized carbons (Fsp3) is 0.364. The van der Waals surface area contributed by atoms with Gasteiger partial charge in [-0.3, -0.25) is 0 Å². The van der Waals surface area contributed by atoms with Crippen LogP contribution < -0.4 is 4.90 Å².